The molecule has 1 aliphatic heterocycles. The number of esters is 1. The lowest BCUT2D eigenvalue weighted by Crippen LogP contribution is -2.42. The third-order valence-electron chi connectivity index (χ3n) is 9.86. The molecule has 0 radical (unpaired) electrons. The van der Waals surface area contributed by atoms with Crippen LogP contribution in [0.4, 0.5) is 5.69 Å². The Morgan fingerprint density at radius 2 is 1.76 bits per heavy atom. The summed E-state index contributed by atoms with van der Waals surface area (Å²) in [4.78, 5) is 30.2. The van der Waals surface area contributed by atoms with Crippen LogP contribution in [0, 0.1) is 22.6 Å². The molecule has 0 bridgehead atoms. The fraction of sp³-hybridized carbons (Fsp3) is 0.583. The number of piperidine rings is 1. The van der Waals surface area contributed by atoms with E-state index in [0.29, 0.717) is 48.7 Å². The second kappa shape index (κ2) is 15.1. The van der Waals surface area contributed by atoms with Gasteiger partial charge in [0.1, 0.15) is 23.2 Å². The van der Waals surface area contributed by atoms with Crippen molar-refractivity contribution in [1.29, 1.82) is 5.26 Å². The number of hydrogen-bond donors (Lipinski definition) is 1. The molecule has 2 aliphatic rings. The van der Waals surface area contributed by atoms with E-state index in [2.05, 4.69) is 38.6 Å². The highest BCUT2D eigenvalue weighted by Gasteiger charge is 2.32. The molecule has 0 spiro atoms. The van der Waals surface area contributed by atoms with Crippen molar-refractivity contribution in [1.82, 2.24) is 4.90 Å². The first-order chi connectivity index (χ1) is 21.4. The number of likely N-dealkylation sites (tertiary alicyclic amines) is 1. The molecule has 0 unspecified atom stereocenters. The van der Waals surface area contributed by atoms with Crippen LogP contribution in [0.2, 0.25) is 13.1 Å². The minimum absolute atomic E-state index is 0.0273. The summed E-state index contributed by atoms with van der Waals surface area (Å²) in [6.07, 6.45) is 6.18. The van der Waals surface area contributed by atoms with Crippen molar-refractivity contribution in [2.75, 3.05) is 38.2 Å². The van der Waals surface area contributed by atoms with Gasteiger partial charge in [-0.15, -0.1) is 0 Å². The highest BCUT2D eigenvalue weighted by Crippen LogP contribution is 2.45. The van der Waals surface area contributed by atoms with Gasteiger partial charge >= 0.3 is 5.97 Å². The van der Waals surface area contributed by atoms with E-state index >= 15 is 0 Å². The van der Waals surface area contributed by atoms with Gasteiger partial charge in [-0.05, 0) is 92.1 Å². The molecule has 1 heterocycles. The van der Waals surface area contributed by atoms with E-state index in [1.165, 1.54) is 7.11 Å². The van der Waals surface area contributed by atoms with Crippen molar-refractivity contribution < 1.29 is 24.2 Å². The Morgan fingerprint density at radius 3 is 2.36 bits per heavy atom. The summed E-state index contributed by atoms with van der Waals surface area (Å²) >= 11 is 0. The fourth-order valence-corrected chi connectivity index (χ4v) is 6.79. The number of aromatic hydroxyl groups is 1. The Labute approximate surface area is 269 Å². The molecule has 8 nitrogen and oxygen atoms in total. The molecule has 1 aliphatic carbocycles. The molecule has 1 amide bonds. The van der Waals surface area contributed by atoms with E-state index in [9.17, 15) is 20.0 Å². The molecular weight excluding hydrogens is 565 g/mol. The summed E-state index contributed by atoms with van der Waals surface area (Å²) in [5.41, 5.74) is 3.09. The Bertz CT molecular complexity index is 1370. The minimum atomic E-state index is -0.458. The zero-order valence-electron chi connectivity index (χ0n) is 28.0. The fourth-order valence-electron chi connectivity index (χ4n) is 6.79. The van der Waals surface area contributed by atoms with Gasteiger partial charge in [-0.25, -0.2) is 10.1 Å². The number of phenolic OH excluding ortho intramolecular Hbond substituents is 1. The monoisotopic (exact) mass is 615 g/mol. The topological polar surface area (TPSA) is 103 Å². The second-order valence-corrected chi connectivity index (χ2v) is 13.9. The van der Waals surface area contributed by atoms with Crippen LogP contribution in [-0.2, 0) is 4.74 Å². The Balaban J connectivity index is 1.41. The predicted molar refractivity (Wildman–Crippen MR) is 180 cm³/mol. The van der Waals surface area contributed by atoms with Crippen molar-refractivity contribution in [3.8, 4) is 17.5 Å². The Kier molecular flexibility index (Phi) is 11.5. The van der Waals surface area contributed by atoms with Gasteiger partial charge in [-0.2, -0.15) is 0 Å². The number of methoxy groups -OCH3 is 1. The second-order valence-electron chi connectivity index (χ2n) is 13.9. The molecule has 2 aromatic carbocycles. The van der Waals surface area contributed by atoms with Gasteiger partial charge < -0.3 is 24.4 Å². The summed E-state index contributed by atoms with van der Waals surface area (Å²) in [6.45, 7) is 13.4. The molecule has 0 atom stereocenters. The summed E-state index contributed by atoms with van der Waals surface area (Å²) in [5, 5.41) is 19.9. The van der Waals surface area contributed by atoms with Crippen LogP contribution in [0.5, 0.6) is 11.5 Å². The van der Waals surface area contributed by atoms with Crippen LogP contribution in [0.1, 0.15) is 98.4 Å². The molecule has 1 saturated carbocycles. The summed E-state index contributed by atoms with van der Waals surface area (Å²) in [5.74, 6) is 3.51. The lowest BCUT2D eigenvalue weighted by atomic mass is 9.51. The maximum absolute atomic E-state index is 13.6. The Morgan fingerprint density at radius 1 is 1.07 bits per heavy atom. The molecule has 2 aromatic rings. The van der Waals surface area contributed by atoms with Gasteiger partial charge in [-0.1, -0.05) is 27.6 Å². The van der Waals surface area contributed by atoms with Gasteiger partial charge in [0.05, 0.1) is 7.11 Å². The third kappa shape index (κ3) is 8.54. The first-order valence-electron chi connectivity index (χ1n) is 16.6. The average molecular weight is 616 g/mol. The van der Waals surface area contributed by atoms with E-state index in [1.54, 1.807) is 18.2 Å². The first-order valence-corrected chi connectivity index (χ1v) is 16.6. The summed E-state index contributed by atoms with van der Waals surface area (Å²) in [6, 6.07) is 10.8. The average Bonchev–Trinajstić information content (AvgIpc) is 3.04. The molecule has 242 valence electrons. The number of benzene rings is 2. The number of amides is 1. The smallest absolute Gasteiger partial charge is 0.341 e. The molecule has 0 aromatic heterocycles. The number of hydrogen-bond acceptors (Lipinski definition) is 7. The van der Waals surface area contributed by atoms with Crippen LogP contribution in [0.15, 0.2) is 36.4 Å². The van der Waals surface area contributed by atoms with E-state index in [4.69, 9.17) is 9.47 Å². The lowest BCUT2D eigenvalue weighted by molar-refractivity contribution is 0.0563. The van der Waals surface area contributed by atoms with Crippen LogP contribution in [0.3, 0.4) is 0 Å². The summed E-state index contributed by atoms with van der Waals surface area (Å²) < 4.78 is 11.4. The maximum Gasteiger partial charge on any atom is 0.341 e. The normalized spacial score (nSPS) is 19.0. The van der Waals surface area contributed by atoms with Crippen LogP contribution in [0.25, 0.3) is 0 Å². The molecular formula is C36H50BN3O5. The Hall–Kier alpha value is -3.67. The van der Waals surface area contributed by atoms with Crippen molar-refractivity contribution in [3.63, 3.8) is 0 Å². The number of nitrogens with zero attached hydrogens (tertiary/aromatic N) is 3. The van der Waals surface area contributed by atoms with Crippen molar-refractivity contribution in [2.24, 2.45) is 11.3 Å². The van der Waals surface area contributed by atoms with Gasteiger partial charge in [0, 0.05) is 62.3 Å². The zero-order chi connectivity index (χ0) is 32.7. The molecule has 1 saturated heterocycles. The quantitative estimate of drug-likeness (QED) is 0.223. The van der Waals surface area contributed by atoms with Crippen molar-refractivity contribution >= 4 is 24.3 Å². The minimum Gasteiger partial charge on any atom is -0.508 e. The van der Waals surface area contributed by atoms with Crippen molar-refractivity contribution in [3.05, 3.63) is 53.1 Å². The van der Waals surface area contributed by atoms with Gasteiger partial charge in [-0.3, -0.25) is 4.79 Å². The SMILES string of the molecule is CCN(CCB(C)C#N)c1ccc(C(=O)OC)c(OC2CCN(C(=O)c3ccc(O)c(C4CCC(C(C)(C)C)CC4)c3)CC2)c1. The molecule has 9 heteroatoms. The van der Waals surface area contributed by atoms with Crippen LogP contribution >= 0.6 is 0 Å². The lowest BCUT2D eigenvalue weighted by Gasteiger charge is -2.37. The number of phenols is 1. The number of ether oxygens (including phenoxy) is 2. The van der Waals surface area contributed by atoms with E-state index < -0.39 is 5.97 Å². The number of rotatable bonds is 10. The first kappa shape index (κ1) is 34.2. The van der Waals surface area contributed by atoms with Crippen LogP contribution in [-0.4, -0.2) is 68.0 Å². The molecule has 4 rings (SSSR count). The number of anilines is 1. The van der Waals surface area contributed by atoms with Crippen LogP contribution < -0.4 is 9.64 Å². The third-order valence-corrected chi connectivity index (χ3v) is 9.86. The van der Waals surface area contributed by atoms with E-state index in [0.717, 1.165) is 56.3 Å². The van der Waals surface area contributed by atoms with Gasteiger partial charge in [0.2, 0.25) is 0 Å². The molecule has 45 heavy (non-hydrogen) atoms. The number of nitriles is 1. The van der Waals surface area contributed by atoms with E-state index in [1.807, 2.05) is 29.9 Å². The molecule has 1 N–H and O–H groups in total. The summed E-state index contributed by atoms with van der Waals surface area (Å²) in [7, 11) is 1.36. The maximum atomic E-state index is 13.6. The number of carbonyl (C=O) groups excluding carboxylic acids is 2. The van der Waals surface area contributed by atoms with Crippen molar-refractivity contribution in [2.45, 2.75) is 91.4 Å². The predicted octanol–water partition coefficient (Wildman–Crippen LogP) is 7.20. The molecule has 2 fully saturated rings. The standard InChI is InChI=1S/C36H50BN3O5/c1-7-39(21-18-37(5)24-38)28-13-14-30(35(43)44-6)33(23-28)45-29-16-19-40(20-17-29)34(42)26-10-15-32(41)31(22-26)25-8-11-27(12-9-25)36(2,3)4/h10,13-15,22-23,25,27,29,41H,7-9,11-12,16-21H2,1-6H3. The number of carbonyl (C=O) groups is 2. The highest BCUT2D eigenvalue weighted by molar-refractivity contribution is 6.65. The van der Waals surface area contributed by atoms with Gasteiger partial charge in [0.25, 0.3) is 12.6 Å². The highest BCUT2D eigenvalue weighted by atomic mass is 16.5. The zero-order valence-corrected chi connectivity index (χ0v) is 28.0. The largest absolute Gasteiger partial charge is 0.508 e. The van der Waals surface area contributed by atoms with E-state index in [-0.39, 0.29) is 35.8 Å². The van der Waals surface area contributed by atoms with Gasteiger partial charge in [0.15, 0.2) is 0 Å².